The van der Waals surface area contributed by atoms with Gasteiger partial charge in [-0.25, -0.2) is 0 Å². The molecule has 0 aliphatic carbocycles. The van der Waals surface area contributed by atoms with Crippen LogP contribution in [-0.4, -0.2) is 11.6 Å². The molecule has 0 unspecified atom stereocenters. The smallest absolute Gasteiger partial charge is 0.193 e. The predicted molar refractivity (Wildman–Crippen MR) is 100 cm³/mol. The van der Waals surface area contributed by atoms with Crippen molar-refractivity contribution in [3.8, 4) is 0 Å². The van der Waals surface area contributed by atoms with Crippen LogP contribution in [0.4, 0.5) is 0 Å². The molecule has 0 radical (unpaired) electrons. The van der Waals surface area contributed by atoms with E-state index in [0.29, 0.717) is 22.3 Å². The van der Waals surface area contributed by atoms with E-state index in [0.717, 1.165) is 0 Å². The van der Waals surface area contributed by atoms with Gasteiger partial charge in [0.05, 0.1) is 0 Å². The highest BCUT2D eigenvalue weighted by Crippen LogP contribution is 2.15. The average molecular weight is 318 g/mol. The number of hydrogen-bond donors (Lipinski definition) is 0. The zero-order valence-corrected chi connectivity index (χ0v) is 14.2. The van der Waals surface area contributed by atoms with Crippen molar-refractivity contribution in [1.82, 2.24) is 0 Å². The fraction of sp³-hybridized carbons (Fsp3) is 0.0909. The Morgan fingerprint density at radius 1 is 0.833 bits per heavy atom. The second-order valence-electron chi connectivity index (χ2n) is 4.67. The van der Waals surface area contributed by atoms with Crippen LogP contribution in [0.1, 0.15) is 40.1 Å². The lowest BCUT2D eigenvalue weighted by Gasteiger charge is -2.05. The standard InChI is InChI=1S/C20H16O2.C2H6/c1-3-9-15(4-2)19(21)17-12-8-13-18(14-17)20(22)16-10-6-5-7-11-16;1-2/h3-14H,1-2H2;1-2H3/b15-9+;. The fourth-order valence-electron chi connectivity index (χ4n) is 2.09. The normalized spacial score (nSPS) is 10.2. The van der Waals surface area contributed by atoms with E-state index in [-0.39, 0.29) is 11.6 Å². The summed E-state index contributed by atoms with van der Waals surface area (Å²) in [6.45, 7) is 11.2. The minimum atomic E-state index is -0.183. The highest BCUT2D eigenvalue weighted by Gasteiger charge is 2.13. The Morgan fingerprint density at radius 2 is 1.42 bits per heavy atom. The number of ketones is 2. The van der Waals surface area contributed by atoms with Gasteiger partial charge in [-0.05, 0) is 6.07 Å². The van der Waals surface area contributed by atoms with Gasteiger partial charge in [0.2, 0.25) is 0 Å². The van der Waals surface area contributed by atoms with Crippen molar-refractivity contribution in [3.63, 3.8) is 0 Å². The van der Waals surface area contributed by atoms with E-state index in [1.807, 2.05) is 32.0 Å². The van der Waals surface area contributed by atoms with Gasteiger partial charge in [0.25, 0.3) is 0 Å². The van der Waals surface area contributed by atoms with E-state index in [4.69, 9.17) is 0 Å². The molecule has 2 rings (SSSR count). The number of carbonyl (C=O) groups is 2. The SMILES string of the molecule is C=C/C=C(\C=C)C(=O)c1cccc(C(=O)c2ccccc2)c1.CC. The number of Topliss-reactive ketones (excluding diaryl/α,β-unsaturated/α-hetero) is 1. The number of carbonyl (C=O) groups excluding carboxylic acids is 2. The Bertz CT molecular complexity index is 753. The second-order valence-corrected chi connectivity index (χ2v) is 4.67. The molecule has 2 aromatic rings. The first-order valence-electron chi connectivity index (χ1n) is 7.87. The van der Waals surface area contributed by atoms with Crippen LogP contribution in [0.15, 0.2) is 91.6 Å². The molecule has 0 heterocycles. The summed E-state index contributed by atoms with van der Waals surface area (Å²) in [5, 5.41) is 0. The summed E-state index contributed by atoms with van der Waals surface area (Å²) in [6, 6.07) is 15.7. The summed E-state index contributed by atoms with van der Waals surface area (Å²) in [4.78, 5) is 24.8. The average Bonchev–Trinajstić information content (AvgIpc) is 2.67. The van der Waals surface area contributed by atoms with E-state index < -0.39 is 0 Å². The molecule has 0 aromatic heterocycles. The van der Waals surface area contributed by atoms with Crippen molar-refractivity contribution in [2.45, 2.75) is 13.8 Å². The molecule has 0 N–H and O–H groups in total. The molecule has 0 atom stereocenters. The van der Waals surface area contributed by atoms with Crippen molar-refractivity contribution in [3.05, 3.63) is 108 Å². The van der Waals surface area contributed by atoms with Crippen LogP contribution in [0.3, 0.4) is 0 Å². The van der Waals surface area contributed by atoms with Gasteiger partial charge in [0.1, 0.15) is 0 Å². The van der Waals surface area contributed by atoms with Gasteiger partial charge in [0, 0.05) is 22.3 Å². The third kappa shape index (κ3) is 4.75. The van der Waals surface area contributed by atoms with Gasteiger partial charge in [0.15, 0.2) is 11.6 Å². The van der Waals surface area contributed by atoms with Crippen LogP contribution in [0.25, 0.3) is 0 Å². The van der Waals surface area contributed by atoms with Crippen LogP contribution >= 0.6 is 0 Å². The molecule has 0 bridgehead atoms. The largest absolute Gasteiger partial charge is 0.289 e. The zero-order chi connectivity index (χ0) is 17.9. The lowest BCUT2D eigenvalue weighted by molar-refractivity contribution is 0.103. The maximum Gasteiger partial charge on any atom is 0.193 e. The summed E-state index contributed by atoms with van der Waals surface area (Å²) in [7, 11) is 0. The molecule has 0 aliphatic heterocycles. The summed E-state index contributed by atoms with van der Waals surface area (Å²) in [5.41, 5.74) is 1.98. The fourth-order valence-corrected chi connectivity index (χ4v) is 2.09. The molecule has 0 aliphatic rings. The van der Waals surface area contributed by atoms with Gasteiger partial charge in [-0.3, -0.25) is 9.59 Å². The van der Waals surface area contributed by atoms with Gasteiger partial charge in [-0.15, -0.1) is 0 Å². The molecule has 2 aromatic carbocycles. The van der Waals surface area contributed by atoms with Crippen molar-refractivity contribution in [1.29, 1.82) is 0 Å². The minimum absolute atomic E-state index is 0.108. The van der Waals surface area contributed by atoms with Crippen molar-refractivity contribution < 1.29 is 9.59 Å². The third-order valence-electron chi connectivity index (χ3n) is 3.20. The van der Waals surface area contributed by atoms with E-state index in [1.165, 1.54) is 12.2 Å². The molecule has 0 spiro atoms. The van der Waals surface area contributed by atoms with Crippen LogP contribution in [0.2, 0.25) is 0 Å². The van der Waals surface area contributed by atoms with Crippen LogP contribution in [0, 0.1) is 0 Å². The van der Waals surface area contributed by atoms with Crippen LogP contribution in [0.5, 0.6) is 0 Å². The topological polar surface area (TPSA) is 34.1 Å². The highest BCUT2D eigenvalue weighted by molar-refractivity contribution is 6.14. The van der Waals surface area contributed by atoms with Gasteiger partial charge in [-0.2, -0.15) is 0 Å². The molecule has 122 valence electrons. The second kappa shape index (κ2) is 9.90. The van der Waals surface area contributed by atoms with E-state index in [2.05, 4.69) is 13.2 Å². The monoisotopic (exact) mass is 318 g/mol. The van der Waals surface area contributed by atoms with E-state index >= 15 is 0 Å². The summed E-state index contributed by atoms with van der Waals surface area (Å²) >= 11 is 0. The van der Waals surface area contributed by atoms with Crippen LogP contribution in [-0.2, 0) is 0 Å². The maximum absolute atomic E-state index is 12.4. The Morgan fingerprint density at radius 3 is 2.00 bits per heavy atom. The summed E-state index contributed by atoms with van der Waals surface area (Å²) in [5.74, 6) is -0.291. The van der Waals surface area contributed by atoms with Gasteiger partial charge in [-0.1, -0.05) is 93.8 Å². The lowest BCUT2D eigenvalue weighted by atomic mass is 9.97. The zero-order valence-electron chi connectivity index (χ0n) is 14.2. The maximum atomic E-state index is 12.4. The van der Waals surface area contributed by atoms with Crippen molar-refractivity contribution in [2.24, 2.45) is 0 Å². The molecular formula is C22H22O2. The van der Waals surface area contributed by atoms with Gasteiger partial charge < -0.3 is 0 Å². The number of rotatable bonds is 6. The Kier molecular flexibility index (Phi) is 7.86. The first-order chi connectivity index (χ1) is 11.7. The first kappa shape index (κ1) is 19.0. The molecule has 24 heavy (non-hydrogen) atoms. The molecule has 2 heteroatoms. The Hall–Kier alpha value is -3.00. The molecule has 2 nitrogen and oxygen atoms in total. The number of allylic oxidation sites excluding steroid dienone is 4. The molecule has 0 saturated heterocycles. The highest BCUT2D eigenvalue weighted by atomic mass is 16.1. The molecule has 0 amide bonds. The van der Waals surface area contributed by atoms with Crippen molar-refractivity contribution in [2.75, 3.05) is 0 Å². The molecule has 0 saturated carbocycles. The van der Waals surface area contributed by atoms with Crippen molar-refractivity contribution >= 4 is 11.6 Å². The molecule has 0 fully saturated rings. The van der Waals surface area contributed by atoms with E-state index in [9.17, 15) is 9.59 Å². The summed E-state index contributed by atoms with van der Waals surface area (Å²) < 4.78 is 0. The number of hydrogen-bond acceptors (Lipinski definition) is 2. The number of benzene rings is 2. The molecular weight excluding hydrogens is 296 g/mol. The van der Waals surface area contributed by atoms with E-state index in [1.54, 1.807) is 42.5 Å². The van der Waals surface area contributed by atoms with Gasteiger partial charge >= 0.3 is 0 Å². The quantitative estimate of drug-likeness (QED) is 0.404. The Labute approximate surface area is 143 Å². The Balaban J connectivity index is 0.00000139. The first-order valence-corrected chi connectivity index (χ1v) is 7.87. The van der Waals surface area contributed by atoms with Crippen LogP contribution < -0.4 is 0 Å². The minimum Gasteiger partial charge on any atom is -0.289 e. The summed E-state index contributed by atoms with van der Waals surface area (Å²) in [6.07, 6.45) is 4.62. The third-order valence-corrected chi connectivity index (χ3v) is 3.20. The lowest BCUT2D eigenvalue weighted by Crippen LogP contribution is -2.06. The predicted octanol–water partition coefficient (Wildman–Crippen LogP) is 5.42.